The molecule has 0 amide bonds. The number of aryl methyl sites for hydroxylation is 2. The lowest BCUT2D eigenvalue weighted by molar-refractivity contribution is 0.439. The summed E-state index contributed by atoms with van der Waals surface area (Å²) in [6.07, 6.45) is 2.67. The van der Waals surface area contributed by atoms with E-state index in [1.807, 2.05) is 13.0 Å². The molecule has 0 radical (unpaired) electrons. The minimum absolute atomic E-state index is 0.643. The van der Waals surface area contributed by atoms with Crippen molar-refractivity contribution in [1.29, 1.82) is 0 Å². The van der Waals surface area contributed by atoms with Gasteiger partial charge in [0, 0.05) is 24.0 Å². The van der Waals surface area contributed by atoms with E-state index >= 15 is 0 Å². The van der Waals surface area contributed by atoms with Gasteiger partial charge in [-0.3, -0.25) is 4.98 Å². The molecule has 108 valence electrons. The highest BCUT2D eigenvalue weighted by molar-refractivity contribution is 5.79. The van der Waals surface area contributed by atoms with E-state index in [0.29, 0.717) is 6.54 Å². The lowest BCUT2D eigenvalue weighted by Crippen LogP contribution is -2.12. The average Bonchev–Trinajstić information content (AvgIpc) is 2.95. The van der Waals surface area contributed by atoms with Crippen molar-refractivity contribution in [3.63, 3.8) is 0 Å². The molecule has 3 aromatic rings. The molecule has 0 fully saturated rings. The number of hydrogen-bond acceptors (Lipinski definition) is 4. The van der Waals surface area contributed by atoms with Gasteiger partial charge in [0.1, 0.15) is 5.76 Å². The zero-order valence-corrected chi connectivity index (χ0v) is 12.4. The predicted molar refractivity (Wildman–Crippen MR) is 82.9 cm³/mol. The maximum atomic E-state index is 5.57. The lowest BCUT2D eigenvalue weighted by atomic mass is 10.1. The van der Waals surface area contributed by atoms with E-state index in [9.17, 15) is 0 Å². The van der Waals surface area contributed by atoms with Gasteiger partial charge in [0.05, 0.1) is 18.3 Å². The summed E-state index contributed by atoms with van der Waals surface area (Å²) in [6.45, 7) is 5.50. The highest BCUT2D eigenvalue weighted by Crippen LogP contribution is 2.15. The molecule has 0 saturated carbocycles. The van der Waals surface area contributed by atoms with E-state index in [1.165, 1.54) is 10.9 Å². The number of aromatic nitrogens is 2. The second-order valence-corrected chi connectivity index (χ2v) is 5.16. The summed E-state index contributed by atoms with van der Waals surface area (Å²) in [6, 6.07) is 10.5. The molecule has 3 rings (SSSR count). The summed E-state index contributed by atoms with van der Waals surface area (Å²) < 4.78 is 5.57. The highest BCUT2D eigenvalue weighted by atomic mass is 16.4. The van der Waals surface area contributed by atoms with Gasteiger partial charge < -0.3 is 9.73 Å². The van der Waals surface area contributed by atoms with Crippen LogP contribution < -0.4 is 5.32 Å². The fourth-order valence-electron chi connectivity index (χ4n) is 2.29. The second kappa shape index (κ2) is 6.06. The summed E-state index contributed by atoms with van der Waals surface area (Å²) in [4.78, 5) is 8.75. The quantitative estimate of drug-likeness (QED) is 0.779. The van der Waals surface area contributed by atoms with Crippen LogP contribution in [0, 0.1) is 6.92 Å². The number of nitrogens with one attached hydrogen (secondary N) is 1. The maximum absolute atomic E-state index is 5.57. The minimum atomic E-state index is 0.643. The molecule has 0 atom stereocenters. The maximum Gasteiger partial charge on any atom is 0.208 e. The fourth-order valence-corrected chi connectivity index (χ4v) is 2.29. The Balaban J connectivity index is 1.63. The van der Waals surface area contributed by atoms with Crippen molar-refractivity contribution in [2.45, 2.75) is 33.4 Å². The Bertz CT molecular complexity index is 749. The summed E-state index contributed by atoms with van der Waals surface area (Å²) in [5, 5.41) is 4.53. The second-order valence-electron chi connectivity index (χ2n) is 5.16. The number of oxazole rings is 1. The molecule has 0 spiro atoms. The highest BCUT2D eigenvalue weighted by Gasteiger charge is 2.02. The van der Waals surface area contributed by atoms with Crippen LogP contribution in [0.3, 0.4) is 0 Å². The molecule has 0 aliphatic heterocycles. The molecule has 0 aliphatic carbocycles. The first-order chi connectivity index (χ1) is 10.2. The van der Waals surface area contributed by atoms with Crippen LogP contribution >= 0.6 is 0 Å². The Morgan fingerprint density at radius 3 is 2.86 bits per heavy atom. The standard InChI is InChI=1S/C17H19N3O/c1-3-15-10-19-17(21-15)11-18-9-13-5-7-16-14(8-13)6-4-12(2)20-16/h4-8,10,18H,3,9,11H2,1-2H3. The van der Waals surface area contributed by atoms with Crippen LogP contribution in [0.1, 0.15) is 29.8 Å². The molecule has 1 N–H and O–H groups in total. The van der Waals surface area contributed by atoms with Crippen LogP contribution in [0.4, 0.5) is 0 Å². The molecular formula is C17H19N3O. The Kier molecular flexibility index (Phi) is 3.97. The van der Waals surface area contributed by atoms with Gasteiger partial charge in [-0.25, -0.2) is 4.98 Å². The molecule has 4 nitrogen and oxygen atoms in total. The number of rotatable bonds is 5. The molecule has 0 aliphatic rings. The molecule has 2 heterocycles. The molecule has 0 bridgehead atoms. The molecule has 0 saturated heterocycles. The van der Waals surface area contributed by atoms with Crippen molar-refractivity contribution >= 4 is 10.9 Å². The third-order valence-corrected chi connectivity index (χ3v) is 3.45. The number of pyridine rings is 1. The van der Waals surface area contributed by atoms with Crippen LogP contribution in [0.25, 0.3) is 10.9 Å². The normalized spacial score (nSPS) is 11.1. The number of nitrogens with zero attached hydrogens (tertiary/aromatic N) is 2. The van der Waals surface area contributed by atoms with E-state index in [0.717, 1.165) is 35.8 Å². The molecule has 1 aromatic carbocycles. The van der Waals surface area contributed by atoms with Crippen molar-refractivity contribution in [3.05, 3.63) is 59.4 Å². The first-order valence-electron chi connectivity index (χ1n) is 7.25. The topological polar surface area (TPSA) is 51.0 Å². The van der Waals surface area contributed by atoms with E-state index in [1.54, 1.807) is 6.20 Å². The third kappa shape index (κ3) is 3.28. The molecule has 4 heteroatoms. The first kappa shape index (κ1) is 13.8. The Labute approximate surface area is 124 Å². The van der Waals surface area contributed by atoms with Crippen molar-refractivity contribution in [3.8, 4) is 0 Å². The monoisotopic (exact) mass is 281 g/mol. The summed E-state index contributed by atoms with van der Waals surface area (Å²) in [5.74, 6) is 1.67. The minimum Gasteiger partial charge on any atom is -0.444 e. The number of fused-ring (bicyclic) bond motifs is 1. The van der Waals surface area contributed by atoms with E-state index in [4.69, 9.17) is 4.42 Å². The first-order valence-corrected chi connectivity index (χ1v) is 7.25. The number of benzene rings is 1. The summed E-state index contributed by atoms with van der Waals surface area (Å²) in [7, 11) is 0. The van der Waals surface area contributed by atoms with Crippen LogP contribution in [0.15, 0.2) is 40.9 Å². The fraction of sp³-hybridized carbons (Fsp3) is 0.294. The van der Waals surface area contributed by atoms with Gasteiger partial charge in [0.25, 0.3) is 0 Å². The van der Waals surface area contributed by atoms with Crippen LogP contribution in [0.2, 0.25) is 0 Å². The average molecular weight is 281 g/mol. The lowest BCUT2D eigenvalue weighted by Gasteiger charge is -2.05. The van der Waals surface area contributed by atoms with Gasteiger partial charge >= 0.3 is 0 Å². The van der Waals surface area contributed by atoms with Crippen molar-refractivity contribution in [2.24, 2.45) is 0 Å². The van der Waals surface area contributed by atoms with Crippen molar-refractivity contribution in [2.75, 3.05) is 0 Å². The largest absolute Gasteiger partial charge is 0.444 e. The van der Waals surface area contributed by atoms with Gasteiger partial charge in [0.15, 0.2) is 0 Å². The van der Waals surface area contributed by atoms with Crippen LogP contribution in [-0.2, 0) is 19.5 Å². The smallest absolute Gasteiger partial charge is 0.208 e. The zero-order chi connectivity index (χ0) is 14.7. The van der Waals surface area contributed by atoms with E-state index in [-0.39, 0.29) is 0 Å². The van der Waals surface area contributed by atoms with Crippen LogP contribution in [0.5, 0.6) is 0 Å². The van der Waals surface area contributed by atoms with Gasteiger partial charge in [-0.1, -0.05) is 19.1 Å². The third-order valence-electron chi connectivity index (χ3n) is 3.45. The predicted octanol–water partition coefficient (Wildman–Crippen LogP) is 3.38. The van der Waals surface area contributed by atoms with Gasteiger partial charge in [-0.2, -0.15) is 0 Å². The SMILES string of the molecule is CCc1cnc(CNCc2ccc3nc(C)ccc3c2)o1. The van der Waals surface area contributed by atoms with E-state index < -0.39 is 0 Å². The van der Waals surface area contributed by atoms with Crippen molar-refractivity contribution < 1.29 is 4.42 Å². The van der Waals surface area contributed by atoms with E-state index in [2.05, 4.69) is 46.5 Å². The molecule has 2 aromatic heterocycles. The Morgan fingerprint density at radius 2 is 2.05 bits per heavy atom. The van der Waals surface area contributed by atoms with Gasteiger partial charge in [-0.05, 0) is 30.7 Å². The van der Waals surface area contributed by atoms with Gasteiger partial charge in [-0.15, -0.1) is 0 Å². The Morgan fingerprint density at radius 1 is 1.14 bits per heavy atom. The molecular weight excluding hydrogens is 262 g/mol. The molecule has 0 unspecified atom stereocenters. The number of hydrogen-bond donors (Lipinski definition) is 1. The zero-order valence-electron chi connectivity index (χ0n) is 12.4. The molecule has 21 heavy (non-hydrogen) atoms. The summed E-state index contributed by atoms with van der Waals surface area (Å²) in [5.41, 5.74) is 3.32. The van der Waals surface area contributed by atoms with Crippen molar-refractivity contribution in [1.82, 2.24) is 15.3 Å². The van der Waals surface area contributed by atoms with Gasteiger partial charge in [0.2, 0.25) is 5.89 Å². The van der Waals surface area contributed by atoms with Crippen LogP contribution in [-0.4, -0.2) is 9.97 Å². The Hall–Kier alpha value is -2.20. The summed E-state index contributed by atoms with van der Waals surface area (Å²) >= 11 is 0.